The van der Waals surface area contributed by atoms with Gasteiger partial charge in [0.1, 0.15) is 5.41 Å². The molecule has 4 nitrogen and oxygen atoms in total. The molecule has 28 heavy (non-hydrogen) atoms. The molecule has 1 fully saturated rings. The second-order valence-electron chi connectivity index (χ2n) is 7.74. The zero-order valence-electron chi connectivity index (χ0n) is 15.2. The van der Waals surface area contributed by atoms with Crippen LogP contribution < -0.4 is 10.2 Å². The summed E-state index contributed by atoms with van der Waals surface area (Å²) in [6, 6.07) is 26.2. The second kappa shape index (κ2) is 5.10. The first-order valence-corrected chi connectivity index (χ1v) is 9.60. The maximum atomic E-state index is 13.4. The predicted molar refractivity (Wildman–Crippen MR) is 106 cm³/mol. The van der Waals surface area contributed by atoms with Gasteiger partial charge in [-0.2, -0.15) is 0 Å². The van der Waals surface area contributed by atoms with Crippen LogP contribution in [0.4, 0.5) is 11.4 Å². The summed E-state index contributed by atoms with van der Waals surface area (Å²) in [7, 11) is 0. The summed E-state index contributed by atoms with van der Waals surface area (Å²) >= 11 is 0. The number of ketones is 1. The molecule has 0 radical (unpaired) electrons. The molecule has 0 spiro atoms. The average Bonchev–Trinajstić information content (AvgIpc) is 3.14. The Labute approximate surface area is 162 Å². The molecule has 0 bridgehead atoms. The third-order valence-electron chi connectivity index (χ3n) is 6.64. The minimum absolute atomic E-state index is 0.326. The summed E-state index contributed by atoms with van der Waals surface area (Å²) in [5.41, 5.74) is 3.24. The lowest BCUT2D eigenvalue weighted by Gasteiger charge is -2.48. The Morgan fingerprint density at radius 2 is 1.46 bits per heavy atom. The van der Waals surface area contributed by atoms with Crippen molar-refractivity contribution in [3.63, 3.8) is 0 Å². The third-order valence-corrected chi connectivity index (χ3v) is 6.64. The van der Waals surface area contributed by atoms with E-state index in [0.717, 1.165) is 28.9 Å². The molecule has 0 unspecified atom stereocenters. The molecule has 2 aliphatic heterocycles. The molecule has 1 saturated heterocycles. The zero-order chi connectivity index (χ0) is 18.9. The number of carbonyl (C=O) groups is 2. The molecule has 0 saturated carbocycles. The molecule has 136 valence electrons. The number of anilines is 2. The van der Waals surface area contributed by atoms with E-state index in [2.05, 4.69) is 28.4 Å². The van der Waals surface area contributed by atoms with Crippen LogP contribution in [-0.2, 0) is 27.1 Å². The van der Waals surface area contributed by atoms with Crippen LogP contribution in [0.15, 0.2) is 78.9 Å². The van der Waals surface area contributed by atoms with Crippen LogP contribution in [0.2, 0.25) is 0 Å². The van der Waals surface area contributed by atoms with Crippen molar-refractivity contribution in [3.05, 3.63) is 95.6 Å². The molecule has 3 aromatic carbocycles. The van der Waals surface area contributed by atoms with E-state index in [1.165, 1.54) is 5.56 Å². The van der Waals surface area contributed by atoms with Gasteiger partial charge in [-0.15, -0.1) is 0 Å². The van der Waals surface area contributed by atoms with Crippen molar-refractivity contribution < 1.29 is 9.59 Å². The predicted octanol–water partition coefficient (Wildman–Crippen LogP) is 3.57. The minimum Gasteiger partial charge on any atom is -0.321 e. The molecule has 2 heterocycles. The number of nitrogens with zero attached hydrogens (tertiary/aromatic N) is 1. The van der Waals surface area contributed by atoms with E-state index in [0.29, 0.717) is 6.42 Å². The Morgan fingerprint density at radius 3 is 2.29 bits per heavy atom. The Balaban J connectivity index is 1.79. The number of para-hydroxylation sites is 2. The summed E-state index contributed by atoms with van der Waals surface area (Å²) in [6.07, 6.45) is 1.39. The van der Waals surface area contributed by atoms with Gasteiger partial charge in [0, 0.05) is 16.9 Å². The molecule has 3 aromatic rings. The van der Waals surface area contributed by atoms with Gasteiger partial charge in [-0.25, -0.2) is 0 Å². The number of amides is 1. The Morgan fingerprint density at radius 1 is 0.786 bits per heavy atom. The number of nitrogens with one attached hydrogen (secondary N) is 1. The van der Waals surface area contributed by atoms with Crippen molar-refractivity contribution in [2.75, 3.05) is 4.90 Å². The summed E-state index contributed by atoms with van der Waals surface area (Å²) in [5, 5.41) is 3.16. The van der Waals surface area contributed by atoms with E-state index < -0.39 is 17.0 Å². The van der Waals surface area contributed by atoms with Gasteiger partial charge in [0.15, 0.2) is 5.66 Å². The van der Waals surface area contributed by atoms with Gasteiger partial charge in [0.2, 0.25) is 5.78 Å². The highest BCUT2D eigenvalue weighted by Crippen LogP contribution is 2.64. The van der Waals surface area contributed by atoms with E-state index in [9.17, 15) is 9.59 Å². The normalized spacial score (nSPS) is 26.9. The standard InChI is InChI=1S/C24H18N2O2/c27-21-22(28)25-24-18-11-5-4-8-16(18)14-15-23(21,24)19-12-6-7-13-20(19)26(24)17-9-2-1-3-10-17/h1-13H,14-15H2,(H,25,28)/t23-,24+/m0/s1. The van der Waals surface area contributed by atoms with Gasteiger partial charge in [-0.05, 0) is 42.2 Å². The number of fused-ring (bicyclic) bond motifs is 2. The van der Waals surface area contributed by atoms with Crippen LogP contribution in [0.1, 0.15) is 23.1 Å². The topological polar surface area (TPSA) is 49.4 Å². The molecular formula is C24H18N2O2. The SMILES string of the molecule is O=C1N[C@@]23c4ccccc4CC[C@@]2(C1=O)c1ccccc1N3c1ccccc1. The summed E-state index contributed by atoms with van der Waals surface area (Å²) < 4.78 is 0. The van der Waals surface area contributed by atoms with Crippen molar-refractivity contribution in [1.82, 2.24) is 5.32 Å². The Kier molecular flexibility index (Phi) is 2.85. The van der Waals surface area contributed by atoms with Crippen LogP contribution in [0, 0.1) is 0 Å². The molecule has 6 rings (SSSR count). The van der Waals surface area contributed by atoms with Gasteiger partial charge in [0.25, 0.3) is 5.91 Å². The highest BCUT2D eigenvalue weighted by molar-refractivity contribution is 6.43. The fraction of sp³-hybridized carbons (Fsp3) is 0.167. The van der Waals surface area contributed by atoms with Crippen molar-refractivity contribution in [1.29, 1.82) is 0 Å². The molecule has 3 aliphatic rings. The monoisotopic (exact) mass is 366 g/mol. The van der Waals surface area contributed by atoms with E-state index >= 15 is 0 Å². The summed E-state index contributed by atoms with van der Waals surface area (Å²) in [6.45, 7) is 0. The molecular weight excluding hydrogens is 348 g/mol. The van der Waals surface area contributed by atoms with Crippen LogP contribution in [0.25, 0.3) is 0 Å². The number of aryl methyl sites for hydroxylation is 1. The van der Waals surface area contributed by atoms with Gasteiger partial charge in [-0.1, -0.05) is 60.7 Å². The van der Waals surface area contributed by atoms with E-state index in [1.54, 1.807) is 0 Å². The lowest BCUT2D eigenvalue weighted by atomic mass is 9.62. The van der Waals surface area contributed by atoms with Crippen LogP contribution in [0.3, 0.4) is 0 Å². The lowest BCUT2D eigenvalue weighted by Crippen LogP contribution is -2.61. The number of Topliss-reactive ketones (excluding diaryl/α,β-unsaturated/α-hetero) is 1. The molecule has 1 amide bonds. The maximum absolute atomic E-state index is 13.4. The highest BCUT2D eigenvalue weighted by Gasteiger charge is 2.74. The Bertz CT molecular complexity index is 1160. The van der Waals surface area contributed by atoms with Crippen LogP contribution in [-0.4, -0.2) is 11.7 Å². The van der Waals surface area contributed by atoms with Crippen molar-refractivity contribution >= 4 is 23.1 Å². The zero-order valence-corrected chi connectivity index (χ0v) is 15.2. The minimum atomic E-state index is -0.930. The molecule has 2 atom stereocenters. The first-order valence-electron chi connectivity index (χ1n) is 9.60. The average molecular weight is 366 g/mol. The van der Waals surface area contributed by atoms with E-state index in [4.69, 9.17) is 0 Å². The van der Waals surface area contributed by atoms with Crippen LogP contribution in [0.5, 0.6) is 0 Å². The molecule has 4 heteroatoms. The smallest absolute Gasteiger partial charge is 0.290 e. The summed E-state index contributed by atoms with van der Waals surface area (Å²) in [5.74, 6) is -0.819. The number of benzene rings is 3. The van der Waals surface area contributed by atoms with Crippen molar-refractivity contribution in [3.8, 4) is 0 Å². The van der Waals surface area contributed by atoms with Crippen molar-refractivity contribution in [2.45, 2.75) is 23.9 Å². The number of hydrogen-bond donors (Lipinski definition) is 1. The summed E-state index contributed by atoms with van der Waals surface area (Å²) in [4.78, 5) is 28.5. The van der Waals surface area contributed by atoms with Crippen molar-refractivity contribution in [2.24, 2.45) is 0 Å². The van der Waals surface area contributed by atoms with Gasteiger partial charge < -0.3 is 10.2 Å². The fourth-order valence-corrected chi connectivity index (χ4v) is 5.63. The third kappa shape index (κ3) is 1.55. The lowest BCUT2D eigenvalue weighted by molar-refractivity contribution is -0.137. The molecule has 1 aliphatic carbocycles. The van der Waals surface area contributed by atoms with Crippen LogP contribution >= 0.6 is 0 Å². The fourth-order valence-electron chi connectivity index (χ4n) is 5.63. The number of carbonyl (C=O) groups excluding carboxylic acids is 2. The second-order valence-corrected chi connectivity index (χ2v) is 7.74. The van der Waals surface area contributed by atoms with Gasteiger partial charge in [0.05, 0.1) is 0 Å². The van der Waals surface area contributed by atoms with E-state index in [-0.39, 0.29) is 5.78 Å². The molecule has 1 N–H and O–H groups in total. The number of hydrogen-bond acceptors (Lipinski definition) is 3. The van der Waals surface area contributed by atoms with Gasteiger partial charge in [-0.3, -0.25) is 9.59 Å². The highest BCUT2D eigenvalue weighted by atomic mass is 16.2. The van der Waals surface area contributed by atoms with Gasteiger partial charge >= 0.3 is 0 Å². The first-order chi connectivity index (χ1) is 13.7. The number of rotatable bonds is 1. The molecule has 0 aromatic heterocycles. The quantitative estimate of drug-likeness (QED) is 0.670. The largest absolute Gasteiger partial charge is 0.321 e. The first kappa shape index (κ1) is 15.6. The van der Waals surface area contributed by atoms with E-state index in [1.807, 2.05) is 60.7 Å². The Hall–Kier alpha value is -3.40. The maximum Gasteiger partial charge on any atom is 0.290 e.